The lowest BCUT2D eigenvalue weighted by atomic mass is 9.99. The van der Waals surface area contributed by atoms with E-state index in [-0.39, 0.29) is 0 Å². The van der Waals surface area contributed by atoms with Gasteiger partial charge in [-0.05, 0) is 0 Å². The van der Waals surface area contributed by atoms with E-state index in [9.17, 15) is 80.9 Å². The largest absolute Gasteiger partial charge is 0.472 e. The van der Waals surface area contributed by atoms with Crippen molar-refractivity contribution in [2.75, 3.05) is 39.6 Å². The van der Waals surface area contributed by atoms with Crippen molar-refractivity contribution in [3.63, 3.8) is 0 Å². The van der Waals surface area contributed by atoms with E-state index in [0.29, 0.717) is 0 Å². The van der Waals surface area contributed by atoms with Gasteiger partial charge in [0.05, 0.1) is 26.4 Å². The first kappa shape index (κ1) is 41.1. The van der Waals surface area contributed by atoms with Crippen molar-refractivity contribution in [1.82, 2.24) is 0 Å². The molecule has 0 aromatic heterocycles. The molecule has 0 aromatic rings. The molecule has 18 atom stereocenters. The molecule has 25 heteroatoms. The highest BCUT2D eigenvalue weighted by Crippen LogP contribution is 2.45. The van der Waals surface area contributed by atoms with E-state index in [1.807, 2.05) is 0 Å². The first-order valence-electron chi connectivity index (χ1n) is 14.8. The van der Waals surface area contributed by atoms with E-state index in [1.54, 1.807) is 0 Å². The van der Waals surface area contributed by atoms with Crippen LogP contribution in [0.15, 0.2) is 0 Å². The topological polar surface area (TPSA) is 394 Å². The molecule has 15 N–H and O–H groups in total. The van der Waals surface area contributed by atoms with Gasteiger partial charge in [0.2, 0.25) is 11.6 Å². The Bertz CT molecular complexity index is 1040. The van der Waals surface area contributed by atoms with Gasteiger partial charge in [0, 0.05) is 0 Å². The summed E-state index contributed by atoms with van der Waals surface area (Å²) in [6.07, 6.45) is -30.5. The summed E-state index contributed by atoms with van der Waals surface area (Å²) in [6.45, 7) is -6.15. The molecular weight excluding hydrogens is 703 g/mol. The normalized spacial score (nSPS) is 49.4. The summed E-state index contributed by atoms with van der Waals surface area (Å²) in [5.74, 6) is -5.00. The maximum atomic E-state index is 12.7. The molecule has 24 nitrogen and oxygen atoms in total. The minimum Gasteiger partial charge on any atom is -0.394 e. The van der Waals surface area contributed by atoms with Crippen molar-refractivity contribution in [1.29, 1.82) is 0 Å². The standard InChI is InChI=1S/C24H43O24P/c25-1-7-13(31)19(37)23(5-27,45-7)47-21-17(35)15(33)11(29)9(43-21)3-41-49(39,40)42-4-10-12(30)16(34)18(36)22(44-10)48-24(6-28)20(38)14(32)8(2-26)46-24/h7-22,25-38H,1-6H2,(H,39,40)/t7-,8-,9-,10-,11-,12-,13-,14-,15+,16+,17-,18-,19+,20+,21-,22-,23+,24+/m1/s1. The summed E-state index contributed by atoms with van der Waals surface area (Å²) in [5, 5.41) is 141. The Morgan fingerprint density at radius 1 is 0.510 bits per heavy atom. The highest BCUT2D eigenvalue weighted by molar-refractivity contribution is 7.47. The minimum absolute atomic E-state index is 0.826. The second-order valence-electron chi connectivity index (χ2n) is 11.8. The molecule has 4 aliphatic rings. The van der Waals surface area contributed by atoms with E-state index in [2.05, 4.69) is 0 Å². The van der Waals surface area contributed by atoms with Crippen LogP contribution in [0.4, 0.5) is 0 Å². The number of phosphoric ester groups is 1. The van der Waals surface area contributed by atoms with Crippen LogP contribution in [0.1, 0.15) is 0 Å². The van der Waals surface area contributed by atoms with E-state index >= 15 is 0 Å². The summed E-state index contributed by atoms with van der Waals surface area (Å²) in [5.41, 5.74) is 0. The van der Waals surface area contributed by atoms with Crippen molar-refractivity contribution in [3.8, 4) is 0 Å². The van der Waals surface area contributed by atoms with Crippen LogP contribution in [0.5, 0.6) is 0 Å². The van der Waals surface area contributed by atoms with Crippen LogP contribution in [0.2, 0.25) is 0 Å². The van der Waals surface area contributed by atoms with Crippen molar-refractivity contribution in [2.45, 2.75) is 110 Å². The third-order valence-electron chi connectivity index (χ3n) is 8.58. The molecule has 0 radical (unpaired) electrons. The molecule has 0 unspecified atom stereocenters. The van der Waals surface area contributed by atoms with Crippen LogP contribution in [0.25, 0.3) is 0 Å². The minimum atomic E-state index is -5.23. The van der Waals surface area contributed by atoms with Crippen LogP contribution >= 0.6 is 7.82 Å². The molecule has 0 spiro atoms. The van der Waals surface area contributed by atoms with Gasteiger partial charge in [0.15, 0.2) is 12.6 Å². The van der Waals surface area contributed by atoms with Gasteiger partial charge in [0.25, 0.3) is 0 Å². The van der Waals surface area contributed by atoms with E-state index < -0.39 is 157 Å². The summed E-state index contributed by atoms with van der Waals surface area (Å²) >= 11 is 0. The molecule has 0 aromatic carbocycles. The highest BCUT2D eigenvalue weighted by atomic mass is 31.2. The van der Waals surface area contributed by atoms with E-state index in [1.165, 1.54) is 0 Å². The lowest BCUT2D eigenvalue weighted by Gasteiger charge is -2.44. The summed E-state index contributed by atoms with van der Waals surface area (Å²) < 4.78 is 54.0. The van der Waals surface area contributed by atoms with Gasteiger partial charge >= 0.3 is 7.82 Å². The summed E-state index contributed by atoms with van der Waals surface area (Å²) in [4.78, 5) is 10.2. The zero-order valence-electron chi connectivity index (χ0n) is 25.3. The molecule has 49 heavy (non-hydrogen) atoms. The Labute approximate surface area is 275 Å². The second kappa shape index (κ2) is 16.1. The molecular formula is C24H43O24P. The SMILES string of the molecule is O=P(O)(OC[C@H]1O[C@H](O[C@]2(CO)O[C@H](CO)[C@@H](O)[C@@H]2O)[C@H](O)[C@@H](O)[C@@H]1O)OC[C@H]1O[C@H](O[C@]2(CO)O[C@H](CO)[C@@H](O)[C@@H]2O)[C@H](O)[C@@H](O)[C@@H]1O. The summed E-state index contributed by atoms with van der Waals surface area (Å²) in [6, 6.07) is 0. The molecule has 0 aliphatic carbocycles. The molecule has 4 aliphatic heterocycles. The number of hydrogen-bond acceptors (Lipinski definition) is 23. The molecule has 4 fully saturated rings. The van der Waals surface area contributed by atoms with Crippen molar-refractivity contribution >= 4 is 7.82 Å². The Morgan fingerprint density at radius 2 is 0.857 bits per heavy atom. The fourth-order valence-electron chi connectivity index (χ4n) is 5.61. The van der Waals surface area contributed by atoms with Gasteiger partial charge in [-0.25, -0.2) is 4.57 Å². The molecule has 4 saturated heterocycles. The van der Waals surface area contributed by atoms with Gasteiger partial charge in [-0.3, -0.25) is 9.05 Å². The predicted molar refractivity (Wildman–Crippen MR) is 145 cm³/mol. The van der Waals surface area contributed by atoms with Crippen LogP contribution in [-0.4, -0.2) is 226 Å². The Kier molecular flexibility index (Phi) is 13.5. The highest BCUT2D eigenvalue weighted by Gasteiger charge is 2.60. The maximum Gasteiger partial charge on any atom is 0.472 e. The third kappa shape index (κ3) is 8.13. The fourth-order valence-corrected chi connectivity index (χ4v) is 6.35. The number of ether oxygens (including phenoxy) is 6. The lowest BCUT2D eigenvalue weighted by Crippen LogP contribution is -2.63. The van der Waals surface area contributed by atoms with Gasteiger partial charge < -0.3 is 105 Å². The maximum absolute atomic E-state index is 12.7. The molecule has 0 amide bonds. The average Bonchev–Trinajstić information content (AvgIpc) is 3.47. The Balaban J connectivity index is 1.38. The fraction of sp³-hybridized carbons (Fsp3) is 1.00. The van der Waals surface area contributed by atoms with Gasteiger partial charge in [0.1, 0.15) is 98.7 Å². The number of phosphoric acid groups is 1. The Hall–Kier alpha value is -0.690. The molecule has 4 heterocycles. The van der Waals surface area contributed by atoms with Crippen molar-refractivity contribution < 1.29 is 118 Å². The molecule has 4 rings (SSSR count). The van der Waals surface area contributed by atoms with Crippen LogP contribution in [0, 0.1) is 0 Å². The average molecular weight is 747 g/mol. The van der Waals surface area contributed by atoms with Crippen LogP contribution in [-0.2, 0) is 42.0 Å². The quantitative estimate of drug-likeness (QED) is 0.0734. The zero-order valence-corrected chi connectivity index (χ0v) is 26.2. The second-order valence-corrected chi connectivity index (χ2v) is 13.3. The van der Waals surface area contributed by atoms with Crippen molar-refractivity contribution in [3.05, 3.63) is 0 Å². The monoisotopic (exact) mass is 746 g/mol. The molecule has 288 valence electrons. The Morgan fingerprint density at radius 3 is 1.14 bits per heavy atom. The number of rotatable bonds is 14. The predicted octanol–water partition coefficient (Wildman–Crippen LogP) is -9.63. The van der Waals surface area contributed by atoms with Crippen LogP contribution in [0.3, 0.4) is 0 Å². The lowest BCUT2D eigenvalue weighted by molar-refractivity contribution is -0.384. The number of aliphatic hydroxyl groups is 14. The van der Waals surface area contributed by atoms with E-state index in [0.717, 1.165) is 0 Å². The van der Waals surface area contributed by atoms with Gasteiger partial charge in [-0.15, -0.1) is 0 Å². The summed E-state index contributed by atoms with van der Waals surface area (Å²) in [7, 11) is -5.23. The molecule has 0 saturated carbocycles. The third-order valence-corrected chi connectivity index (χ3v) is 9.54. The van der Waals surface area contributed by atoms with Crippen LogP contribution < -0.4 is 0 Å². The molecule has 0 bridgehead atoms. The smallest absolute Gasteiger partial charge is 0.394 e. The first-order chi connectivity index (χ1) is 22.9. The van der Waals surface area contributed by atoms with Crippen molar-refractivity contribution in [2.24, 2.45) is 0 Å². The van der Waals surface area contributed by atoms with Gasteiger partial charge in [-0.2, -0.15) is 0 Å². The number of hydrogen-bond donors (Lipinski definition) is 15. The first-order valence-corrected chi connectivity index (χ1v) is 16.3. The number of aliphatic hydroxyl groups excluding tert-OH is 14. The zero-order chi connectivity index (χ0) is 36.6. The van der Waals surface area contributed by atoms with Gasteiger partial charge in [-0.1, -0.05) is 0 Å². The van der Waals surface area contributed by atoms with E-state index in [4.69, 9.17) is 37.5 Å².